The molecule has 5 heteroatoms. The first-order valence-corrected chi connectivity index (χ1v) is 6.02. The van der Waals surface area contributed by atoms with Crippen LogP contribution in [0.1, 0.15) is 42.2 Å². The molecular weight excluding hydrogens is 218 g/mol. The first kappa shape index (κ1) is 12.0. The SMILES string of the molecule is Cc1nn(C)c(NC2CCC(C)C2)c1C(=O)O. The Morgan fingerprint density at radius 3 is 2.76 bits per heavy atom. The number of carboxylic acid groups (broad SMARTS) is 1. The Morgan fingerprint density at radius 2 is 2.24 bits per heavy atom. The van der Waals surface area contributed by atoms with E-state index < -0.39 is 5.97 Å². The maximum absolute atomic E-state index is 11.2. The van der Waals surface area contributed by atoms with Crippen molar-refractivity contribution in [2.75, 3.05) is 5.32 Å². The van der Waals surface area contributed by atoms with Crippen LogP contribution in [0.25, 0.3) is 0 Å². The molecule has 0 saturated heterocycles. The van der Waals surface area contributed by atoms with E-state index in [1.807, 2.05) is 0 Å². The van der Waals surface area contributed by atoms with E-state index in [0.29, 0.717) is 23.1 Å². The molecule has 1 fully saturated rings. The van der Waals surface area contributed by atoms with Crippen LogP contribution >= 0.6 is 0 Å². The number of nitrogens with zero attached hydrogens (tertiary/aromatic N) is 2. The number of aryl methyl sites for hydroxylation is 2. The van der Waals surface area contributed by atoms with Gasteiger partial charge < -0.3 is 10.4 Å². The van der Waals surface area contributed by atoms with E-state index >= 15 is 0 Å². The van der Waals surface area contributed by atoms with E-state index in [2.05, 4.69) is 17.3 Å². The molecule has 2 atom stereocenters. The zero-order chi connectivity index (χ0) is 12.6. The van der Waals surface area contributed by atoms with Gasteiger partial charge in [0.2, 0.25) is 0 Å². The van der Waals surface area contributed by atoms with Gasteiger partial charge in [0.15, 0.2) is 0 Å². The van der Waals surface area contributed by atoms with Crippen LogP contribution in [0.15, 0.2) is 0 Å². The summed E-state index contributed by atoms with van der Waals surface area (Å²) < 4.78 is 1.63. The molecule has 17 heavy (non-hydrogen) atoms. The fourth-order valence-electron chi connectivity index (χ4n) is 2.61. The minimum atomic E-state index is -0.913. The van der Waals surface area contributed by atoms with Crippen molar-refractivity contribution >= 4 is 11.8 Å². The van der Waals surface area contributed by atoms with Crippen molar-refractivity contribution in [3.8, 4) is 0 Å². The largest absolute Gasteiger partial charge is 0.477 e. The second kappa shape index (κ2) is 4.39. The predicted molar refractivity (Wildman–Crippen MR) is 65.3 cm³/mol. The number of aromatic nitrogens is 2. The van der Waals surface area contributed by atoms with Gasteiger partial charge in [0.05, 0.1) is 5.69 Å². The van der Waals surface area contributed by atoms with E-state index in [4.69, 9.17) is 0 Å². The maximum Gasteiger partial charge on any atom is 0.341 e. The van der Waals surface area contributed by atoms with Crippen molar-refractivity contribution in [3.05, 3.63) is 11.3 Å². The molecule has 0 aromatic carbocycles. The van der Waals surface area contributed by atoms with Gasteiger partial charge in [0.25, 0.3) is 0 Å². The van der Waals surface area contributed by atoms with Gasteiger partial charge in [0.1, 0.15) is 11.4 Å². The zero-order valence-electron chi connectivity index (χ0n) is 10.5. The summed E-state index contributed by atoms with van der Waals surface area (Å²) in [5.41, 5.74) is 0.862. The molecule has 94 valence electrons. The molecule has 0 radical (unpaired) electrons. The number of carbonyl (C=O) groups is 1. The molecular formula is C12H19N3O2. The first-order chi connectivity index (χ1) is 7.99. The minimum absolute atomic E-state index is 0.298. The van der Waals surface area contributed by atoms with Crippen LogP contribution in [-0.4, -0.2) is 26.9 Å². The molecule has 2 rings (SSSR count). The van der Waals surface area contributed by atoms with Crippen LogP contribution < -0.4 is 5.32 Å². The zero-order valence-corrected chi connectivity index (χ0v) is 10.5. The van der Waals surface area contributed by atoms with Gasteiger partial charge in [-0.3, -0.25) is 4.68 Å². The highest BCUT2D eigenvalue weighted by Gasteiger charge is 2.25. The standard InChI is InChI=1S/C12H19N3O2/c1-7-4-5-9(6-7)13-11-10(12(16)17)8(2)14-15(11)3/h7,9,13H,4-6H2,1-3H3,(H,16,17). The van der Waals surface area contributed by atoms with Crippen molar-refractivity contribution < 1.29 is 9.90 Å². The van der Waals surface area contributed by atoms with E-state index in [0.717, 1.165) is 18.8 Å². The summed E-state index contributed by atoms with van der Waals surface area (Å²) in [6.07, 6.45) is 3.41. The molecule has 5 nitrogen and oxygen atoms in total. The summed E-state index contributed by atoms with van der Waals surface area (Å²) in [6, 6.07) is 0.373. The molecule has 1 aliphatic carbocycles. The lowest BCUT2D eigenvalue weighted by Gasteiger charge is -2.14. The topological polar surface area (TPSA) is 67.2 Å². The summed E-state index contributed by atoms with van der Waals surface area (Å²) in [6.45, 7) is 3.96. The van der Waals surface area contributed by atoms with Gasteiger partial charge in [-0.1, -0.05) is 6.92 Å². The Hall–Kier alpha value is -1.52. The Balaban J connectivity index is 2.23. The molecule has 2 N–H and O–H groups in total. The van der Waals surface area contributed by atoms with Crippen molar-refractivity contribution in [2.24, 2.45) is 13.0 Å². The second-order valence-corrected chi connectivity index (χ2v) is 5.00. The third-order valence-corrected chi connectivity index (χ3v) is 3.47. The average molecular weight is 237 g/mol. The van der Waals surface area contributed by atoms with E-state index in [9.17, 15) is 9.90 Å². The Labute approximate surface area is 101 Å². The monoisotopic (exact) mass is 237 g/mol. The van der Waals surface area contributed by atoms with Crippen LogP contribution in [0.2, 0.25) is 0 Å². The highest BCUT2D eigenvalue weighted by Crippen LogP contribution is 2.29. The fourth-order valence-corrected chi connectivity index (χ4v) is 2.61. The van der Waals surface area contributed by atoms with Gasteiger partial charge in [0, 0.05) is 13.1 Å². The summed E-state index contributed by atoms with van der Waals surface area (Å²) in [5.74, 6) is 0.438. The molecule has 1 heterocycles. The Morgan fingerprint density at radius 1 is 1.53 bits per heavy atom. The van der Waals surface area contributed by atoms with Crippen molar-refractivity contribution in [3.63, 3.8) is 0 Å². The van der Waals surface area contributed by atoms with E-state index in [1.54, 1.807) is 18.7 Å². The normalized spacial score (nSPS) is 23.9. The first-order valence-electron chi connectivity index (χ1n) is 6.02. The Bertz CT molecular complexity index is 439. The van der Waals surface area contributed by atoms with E-state index in [1.165, 1.54) is 6.42 Å². The summed E-state index contributed by atoms with van der Waals surface area (Å²) >= 11 is 0. The molecule has 2 unspecified atom stereocenters. The van der Waals surface area contributed by atoms with Gasteiger partial charge in [-0.25, -0.2) is 4.79 Å². The molecule has 0 bridgehead atoms. The molecule has 1 aliphatic rings. The van der Waals surface area contributed by atoms with Gasteiger partial charge >= 0.3 is 5.97 Å². The molecule has 1 aromatic rings. The molecule has 1 aromatic heterocycles. The number of aromatic carboxylic acids is 1. The highest BCUT2D eigenvalue weighted by atomic mass is 16.4. The molecule has 0 spiro atoms. The number of rotatable bonds is 3. The predicted octanol–water partition coefficient (Wildman–Crippen LogP) is 2.03. The molecule has 0 aliphatic heterocycles. The van der Waals surface area contributed by atoms with E-state index in [-0.39, 0.29) is 0 Å². The van der Waals surface area contributed by atoms with Crippen LogP contribution in [-0.2, 0) is 7.05 Å². The third kappa shape index (κ3) is 2.28. The number of hydrogen-bond acceptors (Lipinski definition) is 3. The molecule has 0 amide bonds. The van der Waals surface area contributed by atoms with Crippen LogP contribution in [0.5, 0.6) is 0 Å². The van der Waals surface area contributed by atoms with Gasteiger partial charge in [-0.05, 0) is 32.1 Å². The van der Waals surface area contributed by atoms with Crippen molar-refractivity contribution in [2.45, 2.75) is 39.2 Å². The lowest BCUT2D eigenvalue weighted by molar-refractivity contribution is 0.0697. The number of anilines is 1. The number of hydrogen-bond donors (Lipinski definition) is 2. The summed E-state index contributed by atoms with van der Waals surface area (Å²) in [4.78, 5) is 11.2. The average Bonchev–Trinajstić information content (AvgIpc) is 2.72. The lowest BCUT2D eigenvalue weighted by Crippen LogP contribution is -2.19. The Kier molecular flexibility index (Phi) is 3.09. The van der Waals surface area contributed by atoms with Crippen LogP contribution in [0.4, 0.5) is 5.82 Å². The van der Waals surface area contributed by atoms with Gasteiger partial charge in [-0.2, -0.15) is 5.10 Å². The number of carboxylic acids is 1. The molecule has 1 saturated carbocycles. The van der Waals surface area contributed by atoms with Crippen molar-refractivity contribution in [1.82, 2.24) is 9.78 Å². The summed E-state index contributed by atoms with van der Waals surface area (Å²) in [5, 5.41) is 16.7. The maximum atomic E-state index is 11.2. The van der Waals surface area contributed by atoms with Crippen molar-refractivity contribution in [1.29, 1.82) is 0 Å². The second-order valence-electron chi connectivity index (χ2n) is 5.00. The highest BCUT2D eigenvalue weighted by molar-refractivity contribution is 5.94. The van der Waals surface area contributed by atoms with Crippen LogP contribution in [0, 0.1) is 12.8 Å². The third-order valence-electron chi connectivity index (χ3n) is 3.47. The smallest absolute Gasteiger partial charge is 0.341 e. The summed E-state index contributed by atoms with van der Waals surface area (Å²) in [7, 11) is 1.78. The fraction of sp³-hybridized carbons (Fsp3) is 0.667. The van der Waals surface area contributed by atoms with Gasteiger partial charge in [-0.15, -0.1) is 0 Å². The number of nitrogens with one attached hydrogen (secondary N) is 1. The van der Waals surface area contributed by atoms with Crippen LogP contribution in [0.3, 0.4) is 0 Å². The quantitative estimate of drug-likeness (QED) is 0.844. The lowest BCUT2D eigenvalue weighted by atomic mass is 10.1. The minimum Gasteiger partial charge on any atom is -0.477 e.